The monoisotopic (exact) mass is 446 g/mol. The lowest BCUT2D eigenvalue weighted by Gasteiger charge is -2.21. The predicted molar refractivity (Wildman–Crippen MR) is 114 cm³/mol. The standard InChI is InChI=1S/C22H26N2O6S/c1-15(16-5-7-20-21(13-16)30-12-11-29-20)23-31(26,27)17-6-8-19(28-2)18(14-17)22(25)24-9-3-4-10-24/h5-8,13-15,23H,3-4,9-12H2,1-2H3/t15-/m0/s1. The number of methoxy groups -OCH3 is 1. The minimum Gasteiger partial charge on any atom is -0.496 e. The summed E-state index contributed by atoms with van der Waals surface area (Å²) in [6.45, 7) is 4.03. The predicted octanol–water partition coefficient (Wildman–Crippen LogP) is 2.74. The number of sulfonamides is 1. The molecule has 4 rings (SSSR count). The maximum atomic E-state index is 13.1. The van der Waals surface area contributed by atoms with Crippen molar-refractivity contribution in [1.82, 2.24) is 9.62 Å². The van der Waals surface area contributed by atoms with Gasteiger partial charge in [-0.2, -0.15) is 0 Å². The Bertz CT molecular complexity index is 1080. The summed E-state index contributed by atoms with van der Waals surface area (Å²) in [6.07, 6.45) is 1.89. The number of hydrogen-bond donors (Lipinski definition) is 1. The van der Waals surface area contributed by atoms with Gasteiger partial charge in [-0.25, -0.2) is 13.1 Å². The Hall–Kier alpha value is -2.78. The summed E-state index contributed by atoms with van der Waals surface area (Å²) in [7, 11) is -2.42. The minimum absolute atomic E-state index is 0.0141. The van der Waals surface area contributed by atoms with Crippen molar-refractivity contribution in [3.8, 4) is 17.2 Å². The number of nitrogens with zero attached hydrogens (tertiary/aromatic N) is 1. The molecule has 0 radical (unpaired) electrons. The van der Waals surface area contributed by atoms with Gasteiger partial charge >= 0.3 is 0 Å². The highest BCUT2D eigenvalue weighted by molar-refractivity contribution is 7.89. The molecule has 1 amide bonds. The van der Waals surface area contributed by atoms with E-state index in [9.17, 15) is 13.2 Å². The average Bonchev–Trinajstić information content (AvgIpc) is 3.32. The van der Waals surface area contributed by atoms with Gasteiger partial charge in [0.1, 0.15) is 19.0 Å². The first-order chi connectivity index (χ1) is 14.9. The fraction of sp³-hybridized carbons (Fsp3) is 0.409. The first-order valence-electron chi connectivity index (χ1n) is 10.3. The smallest absolute Gasteiger partial charge is 0.257 e. The summed E-state index contributed by atoms with van der Waals surface area (Å²) in [4.78, 5) is 14.6. The molecule has 0 unspecified atom stereocenters. The van der Waals surface area contributed by atoms with E-state index in [1.54, 1.807) is 30.0 Å². The molecule has 1 fully saturated rings. The van der Waals surface area contributed by atoms with Gasteiger partial charge in [-0.3, -0.25) is 4.79 Å². The molecule has 0 bridgehead atoms. The number of carbonyl (C=O) groups excluding carboxylic acids is 1. The van der Waals surface area contributed by atoms with E-state index in [-0.39, 0.29) is 16.4 Å². The van der Waals surface area contributed by atoms with Gasteiger partial charge in [-0.05, 0) is 55.7 Å². The molecule has 166 valence electrons. The first kappa shape index (κ1) is 21.5. The third-order valence-corrected chi connectivity index (χ3v) is 7.04. The van der Waals surface area contributed by atoms with Crippen LogP contribution in [0.5, 0.6) is 17.2 Å². The molecule has 9 heteroatoms. The number of nitrogens with one attached hydrogen (secondary N) is 1. The topological polar surface area (TPSA) is 94.2 Å². The number of amides is 1. The van der Waals surface area contributed by atoms with Crippen LogP contribution in [0.3, 0.4) is 0 Å². The number of likely N-dealkylation sites (tertiary alicyclic amines) is 1. The Balaban J connectivity index is 1.58. The molecule has 0 spiro atoms. The molecule has 8 nitrogen and oxygen atoms in total. The van der Waals surface area contributed by atoms with E-state index in [1.807, 2.05) is 0 Å². The largest absolute Gasteiger partial charge is 0.496 e. The lowest BCUT2D eigenvalue weighted by atomic mass is 10.1. The summed E-state index contributed by atoms with van der Waals surface area (Å²) in [5, 5.41) is 0. The number of rotatable bonds is 6. The van der Waals surface area contributed by atoms with Crippen LogP contribution in [-0.4, -0.2) is 52.6 Å². The Kier molecular flexibility index (Phi) is 6.06. The number of fused-ring (bicyclic) bond motifs is 1. The van der Waals surface area contributed by atoms with Crippen molar-refractivity contribution >= 4 is 15.9 Å². The van der Waals surface area contributed by atoms with Gasteiger partial charge in [0.25, 0.3) is 5.91 Å². The van der Waals surface area contributed by atoms with E-state index in [0.717, 1.165) is 18.4 Å². The van der Waals surface area contributed by atoms with Crippen molar-refractivity contribution in [2.45, 2.75) is 30.7 Å². The molecule has 1 saturated heterocycles. The van der Waals surface area contributed by atoms with Gasteiger partial charge in [-0.15, -0.1) is 0 Å². The Labute approximate surface area is 182 Å². The molecule has 2 aromatic rings. The summed E-state index contributed by atoms with van der Waals surface area (Å²) in [5.41, 5.74) is 0.994. The maximum absolute atomic E-state index is 13.1. The lowest BCUT2D eigenvalue weighted by Crippen LogP contribution is -2.29. The summed E-state index contributed by atoms with van der Waals surface area (Å²) >= 11 is 0. The van der Waals surface area contributed by atoms with Gasteiger partial charge in [0.2, 0.25) is 10.0 Å². The normalized spacial score (nSPS) is 16.8. The van der Waals surface area contributed by atoms with Crippen LogP contribution < -0.4 is 18.9 Å². The van der Waals surface area contributed by atoms with Gasteiger partial charge in [0.05, 0.1) is 17.6 Å². The third-order valence-electron chi connectivity index (χ3n) is 5.50. The molecule has 1 atom stereocenters. The zero-order valence-electron chi connectivity index (χ0n) is 17.6. The molecule has 0 aromatic heterocycles. The summed E-state index contributed by atoms with van der Waals surface area (Å²) in [6, 6.07) is 9.19. The molecule has 1 N–H and O–H groups in total. The van der Waals surface area contributed by atoms with E-state index in [1.165, 1.54) is 25.3 Å². The zero-order chi connectivity index (χ0) is 22.0. The highest BCUT2D eigenvalue weighted by atomic mass is 32.2. The average molecular weight is 447 g/mol. The quantitative estimate of drug-likeness (QED) is 0.733. The van der Waals surface area contributed by atoms with Crippen LogP contribution >= 0.6 is 0 Å². The van der Waals surface area contributed by atoms with Crippen molar-refractivity contribution in [3.05, 3.63) is 47.5 Å². The zero-order valence-corrected chi connectivity index (χ0v) is 18.4. The fourth-order valence-electron chi connectivity index (χ4n) is 3.81. The molecule has 2 aliphatic heterocycles. The van der Waals surface area contributed by atoms with E-state index < -0.39 is 16.1 Å². The van der Waals surface area contributed by atoms with Crippen LogP contribution in [0.2, 0.25) is 0 Å². The number of hydrogen-bond acceptors (Lipinski definition) is 6. The van der Waals surface area contributed by atoms with Gasteiger partial charge in [0, 0.05) is 19.1 Å². The molecule has 2 aliphatic rings. The van der Waals surface area contributed by atoms with Gasteiger partial charge in [-0.1, -0.05) is 6.07 Å². The second-order valence-corrected chi connectivity index (χ2v) is 9.32. The molecular formula is C22H26N2O6S. The molecule has 31 heavy (non-hydrogen) atoms. The van der Waals surface area contributed by atoms with Crippen molar-refractivity contribution in [2.24, 2.45) is 0 Å². The maximum Gasteiger partial charge on any atom is 0.257 e. The van der Waals surface area contributed by atoms with Gasteiger partial charge < -0.3 is 19.1 Å². The van der Waals surface area contributed by atoms with Crippen molar-refractivity contribution in [1.29, 1.82) is 0 Å². The highest BCUT2D eigenvalue weighted by Gasteiger charge is 2.26. The molecule has 2 heterocycles. The second-order valence-electron chi connectivity index (χ2n) is 7.61. The van der Waals surface area contributed by atoms with Gasteiger partial charge in [0.15, 0.2) is 11.5 Å². The third kappa shape index (κ3) is 4.47. The summed E-state index contributed by atoms with van der Waals surface area (Å²) in [5.74, 6) is 1.38. The van der Waals surface area contributed by atoms with E-state index >= 15 is 0 Å². The van der Waals surface area contributed by atoms with Crippen LogP contribution in [0.1, 0.15) is 41.7 Å². The van der Waals surface area contributed by atoms with Crippen molar-refractivity contribution in [3.63, 3.8) is 0 Å². The number of carbonyl (C=O) groups is 1. The number of ether oxygens (including phenoxy) is 3. The molecule has 2 aromatic carbocycles. The van der Waals surface area contributed by atoms with E-state index in [0.29, 0.717) is 43.6 Å². The molecule has 0 aliphatic carbocycles. The lowest BCUT2D eigenvalue weighted by molar-refractivity contribution is 0.0789. The van der Waals surface area contributed by atoms with Crippen LogP contribution in [0.4, 0.5) is 0 Å². The summed E-state index contributed by atoms with van der Waals surface area (Å²) < 4.78 is 45.2. The van der Waals surface area contributed by atoms with Crippen LogP contribution in [0.25, 0.3) is 0 Å². The van der Waals surface area contributed by atoms with E-state index in [4.69, 9.17) is 14.2 Å². The SMILES string of the molecule is COc1ccc(S(=O)(=O)N[C@@H](C)c2ccc3c(c2)OCCO3)cc1C(=O)N1CCCC1. The minimum atomic E-state index is -3.88. The highest BCUT2D eigenvalue weighted by Crippen LogP contribution is 2.33. The van der Waals surface area contributed by atoms with E-state index in [2.05, 4.69) is 4.72 Å². The number of benzene rings is 2. The van der Waals surface area contributed by atoms with Crippen LogP contribution in [0, 0.1) is 0 Å². The van der Waals surface area contributed by atoms with Crippen LogP contribution in [0.15, 0.2) is 41.3 Å². The Morgan fingerprint density at radius 3 is 2.48 bits per heavy atom. The molecular weight excluding hydrogens is 420 g/mol. The second kappa shape index (κ2) is 8.76. The van der Waals surface area contributed by atoms with Crippen molar-refractivity contribution in [2.75, 3.05) is 33.4 Å². The van der Waals surface area contributed by atoms with Crippen LogP contribution in [-0.2, 0) is 10.0 Å². The molecule has 0 saturated carbocycles. The Morgan fingerprint density at radius 1 is 1.06 bits per heavy atom. The van der Waals surface area contributed by atoms with Crippen molar-refractivity contribution < 1.29 is 27.4 Å². The Morgan fingerprint density at radius 2 is 1.77 bits per heavy atom. The first-order valence-corrected chi connectivity index (χ1v) is 11.8. The fourth-order valence-corrected chi connectivity index (χ4v) is 5.07.